The Morgan fingerprint density at radius 3 is 2.80 bits per heavy atom. The lowest BCUT2D eigenvalue weighted by Crippen LogP contribution is -2.18. The van der Waals surface area contributed by atoms with Crippen LogP contribution < -0.4 is 11.1 Å². The van der Waals surface area contributed by atoms with Crippen molar-refractivity contribution in [1.82, 2.24) is 0 Å². The summed E-state index contributed by atoms with van der Waals surface area (Å²) in [7, 11) is 0. The maximum Gasteiger partial charge on any atom is 0.127 e. The average Bonchev–Trinajstić information content (AvgIpc) is 2.13. The smallest absolute Gasteiger partial charge is 0.127 e. The molecule has 0 bridgehead atoms. The fourth-order valence-electron chi connectivity index (χ4n) is 1.32. The summed E-state index contributed by atoms with van der Waals surface area (Å²) >= 11 is 1.86. The van der Waals surface area contributed by atoms with E-state index in [4.69, 9.17) is 5.73 Å². The first-order valence-electron chi connectivity index (χ1n) is 5.02. The van der Waals surface area contributed by atoms with Gasteiger partial charge in [0.15, 0.2) is 0 Å². The Bertz CT molecular complexity index is 297. The number of halogens is 1. The summed E-state index contributed by atoms with van der Waals surface area (Å²) in [5, 5.41) is 3.22. The Hall–Kier alpha value is -0.900. The number of benzene rings is 1. The van der Waals surface area contributed by atoms with E-state index in [0.717, 1.165) is 17.2 Å². The molecule has 1 unspecified atom stereocenters. The molecule has 4 heteroatoms. The minimum atomic E-state index is -0.298. The van der Waals surface area contributed by atoms with Gasteiger partial charge in [-0.3, -0.25) is 0 Å². The van der Waals surface area contributed by atoms with Crippen LogP contribution in [0.1, 0.15) is 13.8 Å². The van der Waals surface area contributed by atoms with Crippen LogP contribution in [-0.4, -0.2) is 17.5 Å². The Morgan fingerprint density at radius 1 is 1.47 bits per heavy atom. The van der Waals surface area contributed by atoms with E-state index in [1.807, 2.05) is 11.8 Å². The summed E-state index contributed by atoms with van der Waals surface area (Å²) in [6.07, 6.45) is 0. The zero-order valence-electron chi connectivity index (χ0n) is 9.09. The predicted octanol–water partition coefficient (Wildman–Crippen LogP) is 2.96. The number of hydrogen-bond donors (Lipinski definition) is 2. The van der Waals surface area contributed by atoms with Crippen LogP contribution >= 0.6 is 11.8 Å². The molecule has 0 aliphatic heterocycles. The first kappa shape index (κ1) is 12.2. The minimum Gasteiger partial charge on any atom is -0.399 e. The molecule has 0 spiro atoms. The molecule has 1 aromatic carbocycles. The first-order chi connectivity index (χ1) is 7.11. The fourth-order valence-corrected chi connectivity index (χ4v) is 1.99. The monoisotopic (exact) mass is 228 g/mol. The number of nitrogens with two attached hydrogens (primary N) is 1. The van der Waals surface area contributed by atoms with Crippen molar-refractivity contribution in [2.45, 2.75) is 19.9 Å². The van der Waals surface area contributed by atoms with Crippen LogP contribution in [0.5, 0.6) is 0 Å². The normalized spacial score (nSPS) is 12.5. The summed E-state index contributed by atoms with van der Waals surface area (Å²) in [5.74, 6) is 1.80. The Labute approximate surface area is 94.4 Å². The van der Waals surface area contributed by atoms with E-state index in [2.05, 4.69) is 19.2 Å². The highest BCUT2D eigenvalue weighted by molar-refractivity contribution is 7.99. The predicted molar refractivity (Wildman–Crippen MR) is 66.9 cm³/mol. The summed E-state index contributed by atoms with van der Waals surface area (Å²) in [6, 6.07) is 4.84. The second-order valence-corrected chi connectivity index (χ2v) is 4.80. The van der Waals surface area contributed by atoms with Crippen molar-refractivity contribution in [3.05, 3.63) is 24.0 Å². The van der Waals surface area contributed by atoms with Gasteiger partial charge in [0.1, 0.15) is 5.82 Å². The molecule has 0 aliphatic carbocycles. The van der Waals surface area contributed by atoms with Crippen molar-refractivity contribution in [1.29, 1.82) is 0 Å². The highest BCUT2D eigenvalue weighted by Gasteiger charge is 2.03. The van der Waals surface area contributed by atoms with Crippen LogP contribution in [0.3, 0.4) is 0 Å². The van der Waals surface area contributed by atoms with E-state index < -0.39 is 0 Å². The van der Waals surface area contributed by atoms with E-state index in [1.165, 1.54) is 12.1 Å². The molecule has 0 saturated heterocycles. The first-order valence-corrected chi connectivity index (χ1v) is 6.17. The molecule has 15 heavy (non-hydrogen) atoms. The molecule has 1 aromatic rings. The van der Waals surface area contributed by atoms with Crippen LogP contribution in [0.4, 0.5) is 15.8 Å². The largest absolute Gasteiger partial charge is 0.399 e. The number of nitrogens with one attached hydrogen (secondary N) is 1. The van der Waals surface area contributed by atoms with E-state index >= 15 is 0 Å². The van der Waals surface area contributed by atoms with Gasteiger partial charge in [-0.25, -0.2) is 4.39 Å². The van der Waals surface area contributed by atoms with Gasteiger partial charge in [-0.15, -0.1) is 0 Å². The Kier molecular flexibility index (Phi) is 4.75. The third-order valence-corrected chi connectivity index (χ3v) is 3.05. The molecule has 0 fully saturated rings. The molecule has 1 rings (SSSR count). The fraction of sp³-hybridized carbons (Fsp3) is 0.455. The van der Waals surface area contributed by atoms with Crippen molar-refractivity contribution in [3.63, 3.8) is 0 Å². The quantitative estimate of drug-likeness (QED) is 0.761. The number of anilines is 2. The zero-order chi connectivity index (χ0) is 11.3. The standard InChI is InChI=1S/C11H17FN2S/c1-3-15-7-8(2)14-11-5-9(12)4-10(13)6-11/h4-6,8,14H,3,7,13H2,1-2H3. The molecule has 3 N–H and O–H groups in total. The van der Waals surface area contributed by atoms with Crippen LogP contribution in [0, 0.1) is 5.82 Å². The molecular weight excluding hydrogens is 211 g/mol. The molecule has 0 saturated carbocycles. The third-order valence-electron chi connectivity index (χ3n) is 1.91. The Balaban J connectivity index is 2.56. The third kappa shape index (κ3) is 4.42. The zero-order valence-corrected chi connectivity index (χ0v) is 9.90. The molecule has 0 radical (unpaired) electrons. The van der Waals surface area contributed by atoms with Crippen molar-refractivity contribution in [2.75, 3.05) is 22.6 Å². The highest BCUT2D eigenvalue weighted by Crippen LogP contribution is 2.17. The molecule has 1 atom stereocenters. The lowest BCUT2D eigenvalue weighted by molar-refractivity contribution is 0.628. The van der Waals surface area contributed by atoms with Crippen molar-refractivity contribution in [3.8, 4) is 0 Å². The van der Waals surface area contributed by atoms with Crippen LogP contribution in [0.25, 0.3) is 0 Å². The van der Waals surface area contributed by atoms with E-state index in [9.17, 15) is 4.39 Å². The van der Waals surface area contributed by atoms with Gasteiger partial charge in [-0.2, -0.15) is 11.8 Å². The number of hydrogen-bond acceptors (Lipinski definition) is 3. The van der Waals surface area contributed by atoms with Gasteiger partial charge in [0.05, 0.1) is 0 Å². The van der Waals surface area contributed by atoms with Gasteiger partial charge >= 0.3 is 0 Å². The maximum absolute atomic E-state index is 13.0. The molecule has 0 heterocycles. The van der Waals surface area contributed by atoms with Gasteiger partial charge in [0.25, 0.3) is 0 Å². The number of nitrogen functional groups attached to an aromatic ring is 1. The van der Waals surface area contributed by atoms with Gasteiger partial charge in [-0.05, 0) is 30.9 Å². The van der Waals surface area contributed by atoms with Crippen LogP contribution in [-0.2, 0) is 0 Å². The molecule has 0 aliphatic rings. The topological polar surface area (TPSA) is 38.0 Å². The van der Waals surface area contributed by atoms with Crippen molar-refractivity contribution in [2.24, 2.45) is 0 Å². The molecular formula is C11H17FN2S. The molecule has 0 amide bonds. The van der Waals surface area contributed by atoms with Gasteiger partial charge in [0, 0.05) is 23.2 Å². The number of thioether (sulfide) groups is 1. The lowest BCUT2D eigenvalue weighted by Gasteiger charge is -2.14. The van der Waals surface area contributed by atoms with Crippen LogP contribution in [0.15, 0.2) is 18.2 Å². The summed E-state index contributed by atoms with van der Waals surface area (Å²) in [6.45, 7) is 4.20. The lowest BCUT2D eigenvalue weighted by atomic mass is 10.2. The van der Waals surface area contributed by atoms with Crippen molar-refractivity contribution >= 4 is 23.1 Å². The second-order valence-electron chi connectivity index (χ2n) is 3.48. The van der Waals surface area contributed by atoms with Gasteiger partial charge in [0.2, 0.25) is 0 Å². The maximum atomic E-state index is 13.0. The van der Waals surface area contributed by atoms with Crippen molar-refractivity contribution < 1.29 is 4.39 Å². The summed E-state index contributed by atoms with van der Waals surface area (Å²) in [5.41, 5.74) is 6.75. The second kappa shape index (κ2) is 5.85. The Morgan fingerprint density at radius 2 is 2.20 bits per heavy atom. The highest BCUT2D eigenvalue weighted by atomic mass is 32.2. The summed E-state index contributed by atoms with van der Waals surface area (Å²) < 4.78 is 13.0. The molecule has 2 nitrogen and oxygen atoms in total. The van der Waals surface area contributed by atoms with E-state index in [-0.39, 0.29) is 5.82 Å². The molecule has 0 aromatic heterocycles. The van der Waals surface area contributed by atoms with E-state index in [1.54, 1.807) is 6.07 Å². The number of rotatable bonds is 5. The average molecular weight is 228 g/mol. The van der Waals surface area contributed by atoms with Crippen LogP contribution in [0.2, 0.25) is 0 Å². The SMILES string of the molecule is CCSCC(C)Nc1cc(N)cc(F)c1. The van der Waals surface area contributed by atoms with Gasteiger partial charge < -0.3 is 11.1 Å². The molecule has 84 valence electrons. The summed E-state index contributed by atoms with van der Waals surface area (Å²) in [4.78, 5) is 0. The minimum absolute atomic E-state index is 0.298. The van der Waals surface area contributed by atoms with Gasteiger partial charge in [-0.1, -0.05) is 6.92 Å². The van der Waals surface area contributed by atoms with E-state index in [0.29, 0.717) is 11.7 Å².